The Kier molecular flexibility index (Phi) is 5.50. The molecule has 2 heteroatoms. The molecule has 0 aliphatic heterocycles. The van der Waals surface area contributed by atoms with Crippen molar-refractivity contribution in [3.05, 3.63) is 35.9 Å². The maximum atomic E-state index is 5.76. The van der Waals surface area contributed by atoms with Crippen LogP contribution in [0.1, 0.15) is 38.7 Å². The second-order valence-electron chi connectivity index (χ2n) is 5.01. The first-order chi connectivity index (χ1) is 7.53. The average Bonchev–Trinajstić information content (AvgIpc) is 2.24. The van der Waals surface area contributed by atoms with E-state index in [-0.39, 0.29) is 5.60 Å². The molecular formula is C14H21BrO. The van der Waals surface area contributed by atoms with Crippen LogP contribution in [-0.2, 0) is 4.74 Å². The fourth-order valence-electron chi connectivity index (χ4n) is 1.57. The number of ether oxygens (including phenoxy) is 1. The van der Waals surface area contributed by atoms with Crippen LogP contribution in [0.4, 0.5) is 0 Å². The second-order valence-corrected chi connectivity index (χ2v) is 5.66. The van der Waals surface area contributed by atoms with E-state index in [4.69, 9.17) is 4.74 Å². The van der Waals surface area contributed by atoms with Gasteiger partial charge in [0.05, 0.1) is 5.60 Å². The lowest BCUT2D eigenvalue weighted by Crippen LogP contribution is -2.20. The van der Waals surface area contributed by atoms with Crippen molar-refractivity contribution in [3.8, 4) is 0 Å². The summed E-state index contributed by atoms with van der Waals surface area (Å²) < 4.78 is 5.76. The first-order valence-electron chi connectivity index (χ1n) is 5.78. The highest BCUT2D eigenvalue weighted by Crippen LogP contribution is 2.22. The average molecular weight is 285 g/mol. The highest BCUT2D eigenvalue weighted by atomic mass is 79.9. The lowest BCUT2D eigenvalue weighted by molar-refractivity contribution is -0.00559. The van der Waals surface area contributed by atoms with Crippen LogP contribution in [0, 0.1) is 0 Å². The predicted molar refractivity (Wildman–Crippen MR) is 73.3 cm³/mol. The molecule has 0 saturated carbocycles. The molecule has 16 heavy (non-hydrogen) atoms. The third-order valence-electron chi connectivity index (χ3n) is 2.46. The van der Waals surface area contributed by atoms with Gasteiger partial charge in [0.25, 0.3) is 0 Å². The van der Waals surface area contributed by atoms with Crippen molar-refractivity contribution in [1.82, 2.24) is 0 Å². The van der Waals surface area contributed by atoms with Gasteiger partial charge in [-0.05, 0) is 38.7 Å². The number of hydrogen-bond donors (Lipinski definition) is 0. The lowest BCUT2D eigenvalue weighted by atomic mass is 9.98. The number of halogens is 1. The summed E-state index contributed by atoms with van der Waals surface area (Å²) in [4.78, 5) is 0. The second kappa shape index (κ2) is 6.41. The van der Waals surface area contributed by atoms with Gasteiger partial charge in [0.2, 0.25) is 0 Å². The Hall–Kier alpha value is -0.340. The van der Waals surface area contributed by atoms with Crippen LogP contribution < -0.4 is 0 Å². The van der Waals surface area contributed by atoms with Crippen molar-refractivity contribution >= 4 is 15.9 Å². The Balaban J connectivity index is 2.45. The zero-order chi connectivity index (χ0) is 12.0. The molecule has 1 rings (SSSR count). The van der Waals surface area contributed by atoms with Crippen LogP contribution in [-0.4, -0.2) is 17.5 Å². The third kappa shape index (κ3) is 5.13. The zero-order valence-electron chi connectivity index (χ0n) is 10.4. The molecule has 1 nitrogen and oxygen atoms in total. The summed E-state index contributed by atoms with van der Waals surface area (Å²) in [6.45, 7) is 7.10. The summed E-state index contributed by atoms with van der Waals surface area (Å²) in [6, 6.07) is 10.6. The molecule has 0 saturated heterocycles. The van der Waals surface area contributed by atoms with Gasteiger partial charge in [-0.1, -0.05) is 46.3 Å². The molecule has 0 heterocycles. The number of benzene rings is 1. The van der Waals surface area contributed by atoms with E-state index < -0.39 is 0 Å². The summed E-state index contributed by atoms with van der Waals surface area (Å²) in [6.07, 6.45) is 1.06. The molecule has 1 atom stereocenters. The summed E-state index contributed by atoms with van der Waals surface area (Å²) in [5.41, 5.74) is 1.35. The van der Waals surface area contributed by atoms with Crippen LogP contribution in [0.2, 0.25) is 0 Å². The monoisotopic (exact) mass is 284 g/mol. The van der Waals surface area contributed by atoms with Crippen LogP contribution >= 0.6 is 15.9 Å². The SMILES string of the molecule is CC(C)(C)OCCC(CBr)c1ccccc1. The summed E-state index contributed by atoms with van der Waals surface area (Å²) in [7, 11) is 0. The predicted octanol–water partition coefficient (Wildman–Crippen LogP) is 4.37. The van der Waals surface area contributed by atoms with E-state index in [1.54, 1.807) is 0 Å². The minimum atomic E-state index is -0.0342. The van der Waals surface area contributed by atoms with E-state index in [2.05, 4.69) is 67.0 Å². The van der Waals surface area contributed by atoms with Crippen LogP contribution in [0.3, 0.4) is 0 Å². The maximum Gasteiger partial charge on any atom is 0.0598 e. The highest BCUT2D eigenvalue weighted by Gasteiger charge is 2.13. The van der Waals surface area contributed by atoms with E-state index in [9.17, 15) is 0 Å². The molecule has 1 aromatic carbocycles. The molecular weight excluding hydrogens is 264 g/mol. The van der Waals surface area contributed by atoms with Gasteiger partial charge in [-0.15, -0.1) is 0 Å². The molecule has 1 unspecified atom stereocenters. The Morgan fingerprint density at radius 3 is 2.31 bits per heavy atom. The number of hydrogen-bond acceptors (Lipinski definition) is 1. The van der Waals surface area contributed by atoms with Crippen LogP contribution in [0.15, 0.2) is 30.3 Å². The molecule has 0 N–H and O–H groups in total. The van der Waals surface area contributed by atoms with Crippen LogP contribution in [0.25, 0.3) is 0 Å². The van der Waals surface area contributed by atoms with Crippen molar-refractivity contribution in [3.63, 3.8) is 0 Å². The van der Waals surface area contributed by atoms with Gasteiger partial charge in [-0.3, -0.25) is 0 Å². The van der Waals surface area contributed by atoms with Gasteiger partial charge in [-0.25, -0.2) is 0 Å². The molecule has 0 fully saturated rings. The Morgan fingerprint density at radius 2 is 1.81 bits per heavy atom. The van der Waals surface area contributed by atoms with E-state index in [0.29, 0.717) is 5.92 Å². The fraction of sp³-hybridized carbons (Fsp3) is 0.571. The van der Waals surface area contributed by atoms with E-state index in [1.807, 2.05) is 0 Å². The fourth-order valence-corrected chi connectivity index (χ4v) is 2.26. The van der Waals surface area contributed by atoms with E-state index in [0.717, 1.165) is 18.4 Å². The van der Waals surface area contributed by atoms with Gasteiger partial charge >= 0.3 is 0 Å². The zero-order valence-corrected chi connectivity index (χ0v) is 12.0. The molecule has 90 valence electrons. The molecule has 0 spiro atoms. The van der Waals surface area contributed by atoms with Gasteiger partial charge in [0, 0.05) is 11.9 Å². The van der Waals surface area contributed by atoms with Gasteiger partial charge in [0.1, 0.15) is 0 Å². The standard InChI is InChI=1S/C14H21BrO/c1-14(2,3)16-10-9-13(11-15)12-7-5-4-6-8-12/h4-8,13H,9-11H2,1-3H3. The van der Waals surface area contributed by atoms with Gasteiger partial charge in [0.15, 0.2) is 0 Å². The number of alkyl halides is 1. The molecule has 0 aliphatic rings. The third-order valence-corrected chi connectivity index (χ3v) is 3.24. The normalized spacial score (nSPS) is 13.8. The summed E-state index contributed by atoms with van der Waals surface area (Å²) in [5.74, 6) is 0.545. The minimum absolute atomic E-state index is 0.0342. The Bertz CT molecular complexity index is 289. The largest absolute Gasteiger partial charge is 0.376 e. The van der Waals surface area contributed by atoms with Crippen molar-refractivity contribution in [2.45, 2.75) is 38.7 Å². The van der Waals surface area contributed by atoms with E-state index >= 15 is 0 Å². The quantitative estimate of drug-likeness (QED) is 0.730. The summed E-state index contributed by atoms with van der Waals surface area (Å²) >= 11 is 3.58. The molecule has 0 radical (unpaired) electrons. The first-order valence-corrected chi connectivity index (χ1v) is 6.90. The molecule has 0 bridgehead atoms. The van der Waals surface area contributed by atoms with Gasteiger partial charge in [-0.2, -0.15) is 0 Å². The van der Waals surface area contributed by atoms with Crippen molar-refractivity contribution in [2.75, 3.05) is 11.9 Å². The first kappa shape index (κ1) is 13.7. The topological polar surface area (TPSA) is 9.23 Å². The maximum absolute atomic E-state index is 5.76. The van der Waals surface area contributed by atoms with Gasteiger partial charge < -0.3 is 4.74 Å². The summed E-state index contributed by atoms with van der Waals surface area (Å²) in [5, 5.41) is 0.991. The Morgan fingerprint density at radius 1 is 1.19 bits per heavy atom. The van der Waals surface area contributed by atoms with Crippen molar-refractivity contribution in [2.24, 2.45) is 0 Å². The smallest absolute Gasteiger partial charge is 0.0598 e. The van der Waals surface area contributed by atoms with Crippen molar-refractivity contribution < 1.29 is 4.74 Å². The van der Waals surface area contributed by atoms with Crippen molar-refractivity contribution in [1.29, 1.82) is 0 Å². The molecule has 0 aliphatic carbocycles. The molecule has 1 aromatic rings. The highest BCUT2D eigenvalue weighted by molar-refractivity contribution is 9.09. The molecule has 0 aromatic heterocycles. The molecule has 0 amide bonds. The number of rotatable bonds is 5. The van der Waals surface area contributed by atoms with E-state index in [1.165, 1.54) is 5.56 Å². The lowest BCUT2D eigenvalue weighted by Gasteiger charge is -2.22. The minimum Gasteiger partial charge on any atom is -0.376 e. The van der Waals surface area contributed by atoms with Crippen LogP contribution in [0.5, 0.6) is 0 Å². The Labute approximate surface area is 107 Å².